The van der Waals surface area contributed by atoms with Crippen LogP contribution >= 0.6 is 0 Å². The number of nitrogens with one attached hydrogen (secondary N) is 1. The summed E-state index contributed by atoms with van der Waals surface area (Å²) in [6.07, 6.45) is 4.03. The predicted octanol–water partition coefficient (Wildman–Crippen LogP) is 1.94. The van der Waals surface area contributed by atoms with E-state index in [2.05, 4.69) is 0 Å². The molecule has 2 amide bonds. The van der Waals surface area contributed by atoms with E-state index in [1.807, 2.05) is 4.72 Å². The summed E-state index contributed by atoms with van der Waals surface area (Å²) in [4.78, 5) is 29.3. The molecule has 0 saturated heterocycles. The Morgan fingerprint density at radius 2 is 1.93 bits per heavy atom. The Morgan fingerprint density at radius 3 is 2.45 bits per heavy atom. The van der Waals surface area contributed by atoms with Crippen molar-refractivity contribution >= 4 is 21.8 Å². The van der Waals surface area contributed by atoms with Crippen molar-refractivity contribution in [3.8, 4) is 0 Å². The number of hydrogen-bond acceptors (Lipinski definition) is 6. The number of aliphatic hydroxyl groups is 1. The predicted molar refractivity (Wildman–Crippen MR) is 101 cm³/mol. The fraction of sp³-hybridized carbons (Fsp3) is 0.474. The maximum absolute atomic E-state index is 13.0. The van der Waals surface area contributed by atoms with Gasteiger partial charge in [-0.2, -0.15) is 0 Å². The van der Waals surface area contributed by atoms with Crippen molar-refractivity contribution < 1.29 is 32.3 Å². The highest BCUT2D eigenvalue weighted by Gasteiger charge is 2.57. The summed E-state index contributed by atoms with van der Waals surface area (Å²) >= 11 is 0. The highest BCUT2D eigenvalue weighted by Crippen LogP contribution is 2.52. The maximum Gasteiger partial charge on any atom is 0.299 e. The molecule has 0 unspecified atom stereocenters. The molecule has 2 saturated carbocycles. The molecule has 2 aliphatic carbocycles. The Hall–Kier alpha value is -2.46. The first-order valence-electron chi connectivity index (χ1n) is 9.23. The quantitative estimate of drug-likeness (QED) is 0.354. The van der Waals surface area contributed by atoms with E-state index in [1.54, 1.807) is 0 Å². The first-order valence-corrected chi connectivity index (χ1v) is 10.7. The smallest absolute Gasteiger partial charge is 0.299 e. The molecular weight excluding hydrogens is 403 g/mol. The molecule has 0 atom stereocenters. The molecule has 0 heterocycles. The monoisotopic (exact) mass is 426 g/mol. The second-order valence-electron chi connectivity index (χ2n) is 7.48. The molecule has 0 aliphatic heterocycles. The molecule has 2 N–H and O–H groups in total. The van der Waals surface area contributed by atoms with E-state index in [4.69, 9.17) is 4.84 Å². The Kier molecular flexibility index (Phi) is 5.95. The summed E-state index contributed by atoms with van der Waals surface area (Å²) in [5.74, 6) is -3.24. The molecule has 3 rings (SSSR count). The SMILES string of the molecule is CON(Cc1ccc(F)cc1)C(=O)C=C(O)C(=O)NS(=O)(=O)C1(CC2CC2)CC1. The zero-order valence-corrected chi connectivity index (χ0v) is 16.7. The number of halogens is 1. The number of sulfonamides is 1. The topological polar surface area (TPSA) is 113 Å². The van der Waals surface area contributed by atoms with Crippen LogP contribution in [0.4, 0.5) is 4.39 Å². The molecule has 1 aromatic rings. The van der Waals surface area contributed by atoms with Crippen molar-refractivity contribution in [1.82, 2.24) is 9.79 Å². The van der Waals surface area contributed by atoms with Crippen molar-refractivity contribution in [3.05, 3.63) is 47.5 Å². The van der Waals surface area contributed by atoms with Crippen molar-refractivity contribution in [1.29, 1.82) is 0 Å². The normalized spacial score (nSPS) is 18.2. The number of aliphatic hydroxyl groups excluding tert-OH is 1. The van der Waals surface area contributed by atoms with E-state index in [9.17, 15) is 27.5 Å². The first-order chi connectivity index (χ1) is 13.7. The molecule has 8 nitrogen and oxygen atoms in total. The lowest BCUT2D eigenvalue weighted by Gasteiger charge is -2.18. The molecule has 1 aromatic carbocycles. The fourth-order valence-corrected chi connectivity index (χ4v) is 4.75. The summed E-state index contributed by atoms with van der Waals surface area (Å²) in [6.45, 7) is -0.0657. The lowest BCUT2D eigenvalue weighted by molar-refractivity contribution is -0.173. The average Bonchev–Trinajstić information content (AvgIpc) is 3.58. The van der Waals surface area contributed by atoms with E-state index >= 15 is 0 Å². The van der Waals surface area contributed by atoms with Crippen LogP contribution in [0.2, 0.25) is 0 Å². The van der Waals surface area contributed by atoms with Gasteiger partial charge in [0, 0.05) is 0 Å². The third kappa shape index (κ3) is 5.13. The van der Waals surface area contributed by atoms with Gasteiger partial charge < -0.3 is 5.11 Å². The lowest BCUT2D eigenvalue weighted by atomic mass is 10.2. The summed E-state index contributed by atoms with van der Waals surface area (Å²) in [6, 6.07) is 5.34. The minimum Gasteiger partial charge on any atom is -0.503 e. The van der Waals surface area contributed by atoms with Crippen LogP contribution in [0.3, 0.4) is 0 Å². The van der Waals surface area contributed by atoms with Crippen LogP contribution in [0.25, 0.3) is 0 Å². The second kappa shape index (κ2) is 8.11. The molecule has 29 heavy (non-hydrogen) atoms. The summed E-state index contributed by atoms with van der Waals surface area (Å²) in [5.41, 5.74) is 0.553. The van der Waals surface area contributed by atoms with Crippen LogP contribution in [0.15, 0.2) is 36.1 Å². The number of benzene rings is 1. The third-order valence-electron chi connectivity index (χ3n) is 5.16. The van der Waals surface area contributed by atoms with E-state index in [0.29, 0.717) is 36.8 Å². The van der Waals surface area contributed by atoms with Gasteiger partial charge in [-0.3, -0.25) is 14.4 Å². The number of hydrogen-bond donors (Lipinski definition) is 2. The Bertz CT molecular complexity index is 921. The Balaban J connectivity index is 1.62. The number of carbonyl (C=O) groups excluding carboxylic acids is 2. The Labute approximate surface area is 168 Å². The second-order valence-corrected chi connectivity index (χ2v) is 9.56. The van der Waals surface area contributed by atoms with Gasteiger partial charge in [0.2, 0.25) is 10.0 Å². The highest BCUT2D eigenvalue weighted by atomic mass is 32.2. The van der Waals surface area contributed by atoms with Crippen LogP contribution in [-0.2, 0) is 31.0 Å². The molecule has 0 aromatic heterocycles. The molecule has 10 heteroatoms. The number of nitrogens with zero attached hydrogens (tertiary/aromatic N) is 1. The standard InChI is InChI=1S/C19H23FN2O6S/c1-28-22(12-14-4-6-15(20)7-5-14)17(24)10-16(23)18(25)21-29(26,27)19(8-9-19)11-13-2-3-13/h4-7,10,13,23H,2-3,8-9,11-12H2,1H3,(H,21,25). The van der Waals surface area contributed by atoms with Gasteiger partial charge in [0.25, 0.3) is 11.8 Å². The molecule has 158 valence electrons. The Morgan fingerprint density at radius 1 is 1.31 bits per heavy atom. The number of carbonyl (C=O) groups is 2. The van der Waals surface area contributed by atoms with Crippen LogP contribution < -0.4 is 4.72 Å². The van der Waals surface area contributed by atoms with Crippen molar-refractivity contribution in [3.63, 3.8) is 0 Å². The summed E-state index contributed by atoms with van der Waals surface area (Å²) in [7, 11) is -2.74. The molecule has 2 fully saturated rings. The lowest BCUT2D eigenvalue weighted by Crippen LogP contribution is -2.41. The fourth-order valence-electron chi connectivity index (χ4n) is 3.10. The van der Waals surface area contributed by atoms with Crippen molar-refractivity contribution in [2.24, 2.45) is 5.92 Å². The molecule has 2 aliphatic rings. The maximum atomic E-state index is 13.0. The van der Waals surface area contributed by atoms with E-state index in [-0.39, 0.29) is 6.54 Å². The van der Waals surface area contributed by atoms with Gasteiger partial charge in [-0.1, -0.05) is 25.0 Å². The first kappa shape index (κ1) is 21.3. The van der Waals surface area contributed by atoms with E-state index in [1.165, 1.54) is 31.4 Å². The van der Waals surface area contributed by atoms with Gasteiger partial charge in [-0.15, -0.1) is 0 Å². The third-order valence-corrected chi connectivity index (χ3v) is 7.33. The average molecular weight is 426 g/mol. The minimum atomic E-state index is -3.95. The van der Waals surface area contributed by atoms with Crippen molar-refractivity contribution in [2.75, 3.05) is 7.11 Å². The van der Waals surface area contributed by atoms with Crippen LogP contribution in [-0.4, -0.2) is 42.3 Å². The van der Waals surface area contributed by atoms with Gasteiger partial charge in [0.15, 0.2) is 5.76 Å². The van der Waals surface area contributed by atoms with Gasteiger partial charge >= 0.3 is 0 Å². The van der Waals surface area contributed by atoms with E-state index in [0.717, 1.165) is 17.9 Å². The van der Waals surface area contributed by atoms with Gasteiger partial charge in [-0.25, -0.2) is 22.6 Å². The summed E-state index contributed by atoms with van der Waals surface area (Å²) < 4.78 is 38.9. The number of hydroxylamine groups is 2. The molecule has 0 spiro atoms. The zero-order chi connectivity index (χ0) is 21.2. The molecular formula is C19H23FN2O6S. The largest absolute Gasteiger partial charge is 0.503 e. The van der Waals surface area contributed by atoms with Crippen LogP contribution in [0, 0.1) is 11.7 Å². The highest BCUT2D eigenvalue weighted by molar-refractivity contribution is 7.91. The van der Waals surface area contributed by atoms with Crippen molar-refractivity contribution in [2.45, 2.75) is 43.4 Å². The molecule has 0 bridgehead atoms. The van der Waals surface area contributed by atoms with Gasteiger partial charge in [-0.05, 0) is 42.9 Å². The van der Waals surface area contributed by atoms with E-state index < -0.39 is 38.2 Å². The number of rotatable bonds is 9. The van der Waals surface area contributed by atoms with Gasteiger partial charge in [0.05, 0.1) is 24.5 Å². The molecule has 0 radical (unpaired) electrons. The van der Waals surface area contributed by atoms with Crippen LogP contribution in [0.1, 0.15) is 37.7 Å². The summed E-state index contributed by atoms with van der Waals surface area (Å²) in [5, 5.41) is 10.7. The zero-order valence-electron chi connectivity index (χ0n) is 15.9. The van der Waals surface area contributed by atoms with Crippen LogP contribution in [0.5, 0.6) is 0 Å². The number of amides is 2. The van der Waals surface area contributed by atoms with Gasteiger partial charge in [0.1, 0.15) is 5.82 Å². The minimum absolute atomic E-state index is 0.0657.